The second-order valence-corrected chi connectivity index (χ2v) is 8.24. The Morgan fingerprint density at radius 1 is 1.06 bits per heavy atom. The number of urea groups is 1. The highest BCUT2D eigenvalue weighted by atomic mass is 16.2. The number of fused-ring (bicyclic) bond motifs is 2. The van der Waals surface area contributed by atoms with Gasteiger partial charge in [0, 0.05) is 36.4 Å². The Hall–Kier alpha value is -3.68. The van der Waals surface area contributed by atoms with Crippen LogP contribution in [0.25, 0.3) is 0 Å². The normalized spacial score (nSPS) is 19.9. The molecule has 0 aliphatic carbocycles. The van der Waals surface area contributed by atoms with Crippen molar-refractivity contribution in [3.05, 3.63) is 58.7 Å². The largest absolute Gasteiger partial charge is 0.326 e. The number of rotatable bonds is 2. The van der Waals surface area contributed by atoms with Crippen molar-refractivity contribution in [3.63, 3.8) is 0 Å². The molecule has 5 amide bonds. The minimum absolute atomic E-state index is 0.214. The predicted octanol–water partition coefficient (Wildman–Crippen LogP) is 2.35. The second-order valence-electron chi connectivity index (χ2n) is 8.24. The van der Waals surface area contributed by atoms with E-state index in [1.165, 1.54) is 10.5 Å². The molecule has 0 bridgehead atoms. The van der Waals surface area contributed by atoms with Crippen LogP contribution in [0.1, 0.15) is 39.9 Å². The molecule has 1 atom stereocenters. The molecule has 3 heterocycles. The summed E-state index contributed by atoms with van der Waals surface area (Å²) in [4.78, 5) is 52.5. The number of benzene rings is 2. The van der Waals surface area contributed by atoms with Gasteiger partial charge in [-0.15, -0.1) is 0 Å². The number of imide groups is 1. The number of carbonyl (C=O) groups is 4. The van der Waals surface area contributed by atoms with Gasteiger partial charge in [-0.3, -0.25) is 24.6 Å². The van der Waals surface area contributed by atoms with Crippen LogP contribution in [0.5, 0.6) is 0 Å². The summed E-state index contributed by atoms with van der Waals surface area (Å²) in [6.45, 7) is 2.93. The first-order chi connectivity index (χ1) is 14.9. The van der Waals surface area contributed by atoms with Crippen molar-refractivity contribution < 1.29 is 19.2 Å². The van der Waals surface area contributed by atoms with E-state index < -0.39 is 11.9 Å². The molecule has 3 aliphatic heterocycles. The summed E-state index contributed by atoms with van der Waals surface area (Å²) in [5.41, 5.74) is 5.12. The number of nitrogens with zero attached hydrogens (tertiary/aromatic N) is 2. The third-order valence-corrected chi connectivity index (χ3v) is 6.15. The molecule has 31 heavy (non-hydrogen) atoms. The molecule has 0 spiro atoms. The van der Waals surface area contributed by atoms with Gasteiger partial charge in [0.05, 0.1) is 0 Å². The van der Waals surface area contributed by atoms with Crippen LogP contribution in [0.3, 0.4) is 0 Å². The number of hydrogen-bond donors (Lipinski definition) is 2. The summed E-state index contributed by atoms with van der Waals surface area (Å²) < 4.78 is 0. The molecule has 5 rings (SSSR count). The van der Waals surface area contributed by atoms with E-state index in [1.807, 2.05) is 19.1 Å². The Balaban J connectivity index is 1.31. The first-order valence-corrected chi connectivity index (χ1v) is 10.4. The Labute approximate surface area is 179 Å². The summed E-state index contributed by atoms with van der Waals surface area (Å²) in [7, 11) is 0. The lowest BCUT2D eigenvalue weighted by Crippen LogP contribution is -2.52. The molecule has 1 saturated heterocycles. The summed E-state index contributed by atoms with van der Waals surface area (Å²) in [6.07, 6.45) is 1.36. The topological polar surface area (TPSA) is 98.8 Å². The average Bonchev–Trinajstić information content (AvgIpc) is 3.29. The fourth-order valence-corrected chi connectivity index (χ4v) is 4.58. The molecular formula is C23H22N4O4. The third kappa shape index (κ3) is 3.34. The number of carbonyl (C=O) groups excluding carboxylic acids is 4. The van der Waals surface area contributed by atoms with Crippen molar-refractivity contribution in [2.45, 2.75) is 38.8 Å². The number of nitrogens with one attached hydrogen (secondary N) is 2. The summed E-state index contributed by atoms with van der Waals surface area (Å²) in [5.74, 6) is -0.978. The molecule has 0 radical (unpaired) electrons. The van der Waals surface area contributed by atoms with Gasteiger partial charge in [-0.2, -0.15) is 0 Å². The summed E-state index contributed by atoms with van der Waals surface area (Å²) in [6, 6.07) is 10.4. The Bertz CT molecular complexity index is 1140. The van der Waals surface area contributed by atoms with Crippen LogP contribution in [0.4, 0.5) is 16.2 Å². The Morgan fingerprint density at radius 2 is 1.90 bits per heavy atom. The molecule has 1 unspecified atom stereocenters. The molecule has 2 N–H and O–H groups in total. The van der Waals surface area contributed by atoms with E-state index in [0.29, 0.717) is 24.2 Å². The van der Waals surface area contributed by atoms with Gasteiger partial charge in [0.2, 0.25) is 11.8 Å². The molecular weight excluding hydrogens is 396 g/mol. The van der Waals surface area contributed by atoms with Crippen molar-refractivity contribution in [2.75, 3.05) is 16.8 Å². The van der Waals surface area contributed by atoms with Crippen LogP contribution < -0.4 is 15.5 Å². The van der Waals surface area contributed by atoms with Gasteiger partial charge in [-0.25, -0.2) is 4.79 Å². The lowest BCUT2D eigenvalue weighted by atomic mass is 10.0. The van der Waals surface area contributed by atoms with Crippen LogP contribution in [0.2, 0.25) is 0 Å². The van der Waals surface area contributed by atoms with Crippen LogP contribution in [-0.4, -0.2) is 41.2 Å². The first kappa shape index (κ1) is 19.3. The molecule has 0 aromatic heterocycles. The maximum atomic E-state index is 12.9. The molecule has 8 nitrogen and oxygen atoms in total. The monoisotopic (exact) mass is 418 g/mol. The zero-order valence-corrected chi connectivity index (χ0v) is 17.1. The maximum absolute atomic E-state index is 12.9. The fraction of sp³-hybridized carbons (Fsp3) is 0.304. The van der Waals surface area contributed by atoms with E-state index >= 15 is 0 Å². The first-order valence-electron chi connectivity index (χ1n) is 10.4. The standard InChI is InChI=1S/C23H22N4O4/c1-13-2-5-18-14(10-13)8-9-26(18)23(31)24-16-3-4-17-15(11-16)12-27(22(17)30)19-6-7-20(28)25-21(19)29/h2-5,10-11,19H,6-9,12H2,1H3,(H,24,31)(H,25,28,29). The minimum atomic E-state index is -0.653. The maximum Gasteiger partial charge on any atom is 0.326 e. The number of piperidine rings is 1. The van der Waals surface area contributed by atoms with Crippen molar-refractivity contribution in [3.8, 4) is 0 Å². The molecule has 8 heteroatoms. The van der Waals surface area contributed by atoms with E-state index in [4.69, 9.17) is 0 Å². The van der Waals surface area contributed by atoms with Crippen LogP contribution in [0, 0.1) is 6.92 Å². The van der Waals surface area contributed by atoms with E-state index in [-0.39, 0.29) is 30.8 Å². The highest BCUT2D eigenvalue weighted by Crippen LogP contribution is 2.31. The molecule has 2 aromatic rings. The van der Waals surface area contributed by atoms with Gasteiger partial charge >= 0.3 is 6.03 Å². The highest BCUT2D eigenvalue weighted by Gasteiger charge is 2.39. The Kier molecular flexibility index (Phi) is 4.50. The number of aryl methyl sites for hydroxylation is 1. The highest BCUT2D eigenvalue weighted by molar-refractivity contribution is 6.06. The lowest BCUT2D eigenvalue weighted by Gasteiger charge is -2.29. The quantitative estimate of drug-likeness (QED) is 0.732. The van der Waals surface area contributed by atoms with Crippen LogP contribution >= 0.6 is 0 Å². The van der Waals surface area contributed by atoms with Gasteiger partial charge in [0.15, 0.2) is 0 Å². The van der Waals surface area contributed by atoms with Crippen molar-refractivity contribution >= 4 is 35.1 Å². The van der Waals surface area contributed by atoms with Crippen LogP contribution in [-0.2, 0) is 22.6 Å². The van der Waals surface area contributed by atoms with Gasteiger partial charge in [0.1, 0.15) is 6.04 Å². The second kappa shape index (κ2) is 7.23. The van der Waals surface area contributed by atoms with Gasteiger partial charge < -0.3 is 10.2 Å². The molecule has 3 aliphatic rings. The zero-order chi connectivity index (χ0) is 21.7. The fourth-order valence-electron chi connectivity index (χ4n) is 4.58. The van der Waals surface area contributed by atoms with Gasteiger partial charge in [0.25, 0.3) is 5.91 Å². The molecule has 1 fully saturated rings. The summed E-state index contributed by atoms with van der Waals surface area (Å²) in [5, 5.41) is 5.23. The number of anilines is 2. The molecule has 0 saturated carbocycles. The van der Waals surface area contributed by atoms with E-state index in [9.17, 15) is 19.2 Å². The predicted molar refractivity (Wildman–Crippen MR) is 114 cm³/mol. The number of hydrogen-bond acceptors (Lipinski definition) is 4. The smallest absolute Gasteiger partial charge is 0.322 e. The zero-order valence-electron chi connectivity index (χ0n) is 17.1. The van der Waals surface area contributed by atoms with E-state index in [0.717, 1.165) is 23.2 Å². The minimum Gasteiger partial charge on any atom is -0.322 e. The Morgan fingerprint density at radius 3 is 2.71 bits per heavy atom. The van der Waals surface area contributed by atoms with Crippen LogP contribution in [0.15, 0.2) is 36.4 Å². The third-order valence-electron chi connectivity index (χ3n) is 6.15. The molecule has 2 aromatic carbocycles. The lowest BCUT2D eigenvalue weighted by molar-refractivity contribution is -0.136. The van der Waals surface area contributed by atoms with Gasteiger partial charge in [-0.1, -0.05) is 17.7 Å². The summed E-state index contributed by atoms with van der Waals surface area (Å²) >= 11 is 0. The van der Waals surface area contributed by atoms with Gasteiger partial charge in [-0.05, 0) is 55.2 Å². The van der Waals surface area contributed by atoms with Crippen molar-refractivity contribution in [1.82, 2.24) is 10.2 Å². The molecule has 158 valence electrons. The van der Waals surface area contributed by atoms with Crippen molar-refractivity contribution in [2.24, 2.45) is 0 Å². The average molecular weight is 418 g/mol. The van der Waals surface area contributed by atoms with E-state index in [1.54, 1.807) is 23.1 Å². The SMILES string of the molecule is Cc1ccc2c(c1)CCN2C(=O)Nc1ccc2c(c1)CN(C1CCC(=O)NC1=O)C2=O. The van der Waals surface area contributed by atoms with Crippen molar-refractivity contribution in [1.29, 1.82) is 0 Å². The van der Waals surface area contributed by atoms with E-state index in [2.05, 4.69) is 16.7 Å². The number of amides is 5.